The van der Waals surface area contributed by atoms with Crippen LogP contribution < -0.4 is 5.73 Å². The lowest BCUT2D eigenvalue weighted by atomic mass is 10.1. The normalized spacial score (nSPS) is 10.7. The van der Waals surface area contributed by atoms with Crippen LogP contribution >= 0.6 is 0 Å². The van der Waals surface area contributed by atoms with E-state index in [0.29, 0.717) is 18.1 Å². The van der Waals surface area contributed by atoms with Crippen LogP contribution in [0.4, 0.5) is 5.69 Å². The highest BCUT2D eigenvalue weighted by Gasteiger charge is 2.09. The molecule has 0 spiro atoms. The second-order valence-corrected chi connectivity index (χ2v) is 4.29. The first-order chi connectivity index (χ1) is 9.33. The van der Waals surface area contributed by atoms with Crippen molar-refractivity contribution >= 4 is 5.69 Å². The highest BCUT2D eigenvalue weighted by molar-refractivity contribution is 5.48. The lowest BCUT2D eigenvalue weighted by Gasteiger charge is -2.02. The van der Waals surface area contributed by atoms with Crippen molar-refractivity contribution in [3.05, 3.63) is 54.0 Å². The van der Waals surface area contributed by atoms with Crippen LogP contribution in [0.5, 0.6) is 0 Å². The third kappa shape index (κ3) is 2.49. The SMILES string of the molecule is Nc1ccccc1CCc1nc(-c2ccc[nH]2)no1. The van der Waals surface area contributed by atoms with E-state index in [1.54, 1.807) is 0 Å². The summed E-state index contributed by atoms with van der Waals surface area (Å²) >= 11 is 0. The maximum atomic E-state index is 5.90. The van der Waals surface area contributed by atoms with Gasteiger partial charge in [0.05, 0.1) is 5.69 Å². The zero-order valence-electron chi connectivity index (χ0n) is 10.3. The van der Waals surface area contributed by atoms with Gasteiger partial charge in [0.25, 0.3) is 0 Å². The van der Waals surface area contributed by atoms with Gasteiger partial charge < -0.3 is 15.2 Å². The number of hydrogen-bond donors (Lipinski definition) is 2. The van der Waals surface area contributed by atoms with Gasteiger partial charge in [-0.25, -0.2) is 0 Å². The minimum Gasteiger partial charge on any atom is -0.399 e. The summed E-state index contributed by atoms with van der Waals surface area (Å²) in [5, 5.41) is 3.94. The van der Waals surface area contributed by atoms with Crippen LogP contribution in [0.3, 0.4) is 0 Å². The largest absolute Gasteiger partial charge is 0.399 e. The molecule has 0 radical (unpaired) electrons. The van der Waals surface area contributed by atoms with E-state index in [4.69, 9.17) is 10.3 Å². The van der Waals surface area contributed by atoms with Gasteiger partial charge in [-0.3, -0.25) is 0 Å². The minimum absolute atomic E-state index is 0.584. The van der Waals surface area contributed by atoms with Crippen LogP contribution in [-0.2, 0) is 12.8 Å². The molecule has 5 nitrogen and oxygen atoms in total. The third-order valence-corrected chi connectivity index (χ3v) is 2.97. The molecule has 1 aromatic carbocycles. The number of H-pyrrole nitrogens is 1. The number of nitrogens with zero attached hydrogens (tertiary/aromatic N) is 2. The highest BCUT2D eigenvalue weighted by Crippen LogP contribution is 2.16. The molecule has 0 unspecified atom stereocenters. The Morgan fingerprint density at radius 2 is 2.00 bits per heavy atom. The number of rotatable bonds is 4. The Bertz CT molecular complexity index is 658. The van der Waals surface area contributed by atoms with E-state index in [0.717, 1.165) is 23.4 Å². The number of nitrogen functional groups attached to an aromatic ring is 1. The summed E-state index contributed by atoms with van der Waals surface area (Å²) in [5.41, 5.74) is 8.65. The van der Waals surface area contributed by atoms with E-state index in [9.17, 15) is 0 Å². The highest BCUT2D eigenvalue weighted by atomic mass is 16.5. The monoisotopic (exact) mass is 254 g/mol. The number of nitrogens with two attached hydrogens (primary N) is 1. The van der Waals surface area contributed by atoms with Gasteiger partial charge in [0.1, 0.15) is 0 Å². The molecule has 19 heavy (non-hydrogen) atoms. The quantitative estimate of drug-likeness (QED) is 0.701. The van der Waals surface area contributed by atoms with Crippen LogP contribution in [0.15, 0.2) is 47.1 Å². The maximum Gasteiger partial charge on any atom is 0.227 e. The molecular weight excluding hydrogens is 240 g/mol. The molecule has 3 rings (SSSR count). The number of benzene rings is 1. The Balaban J connectivity index is 1.70. The van der Waals surface area contributed by atoms with Crippen molar-refractivity contribution in [2.75, 3.05) is 5.73 Å². The predicted molar refractivity (Wildman–Crippen MR) is 72.3 cm³/mol. The van der Waals surface area contributed by atoms with Crippen LogP contribution in [0.25, 0.3) is 11.5 Å². The molecule has 0 saturated carbocycles. The molecule has 0 bridgehead atoms. The molecule has 5 heteroatoms. The van der Waals surface area contributed by atoms with Crippen molar-refractivity contribution in [2.24, 2.45) is 0 Å². The minimum atomic E-state index is 0.584. The molecule has 0 fully saturated rings. The summed E-state index contributed by atoms with van der Waals surface area (Å²) in [4.78, 5) is 7.39. The zero-order valence-corrected chi connectivity index (χ0v) is 10.3. The van der Waals surface area contributed by atoms with Crippen LogP contribution in [0.1, 0.15) is 11.5 Å². The molecule has 0 aliphatic rings. The van der Waals surface area contributed by atoms with E-state index in [-0.39, 0.29) is 0 Å². The van der Waals surface area contributed by atoms with Gasteiger partial charge in [0, 0.05) is 18.3 Å². The Morgan fingerprint density at radius 3 is 2.79 bits per heavy atom. The summed E-state index contributed by atoms with van der Waals surface area (Å²) in [6, 6.07) is 11.6. The predicted octanol–water partition coefficient (Wildman–Crippen LogP) is 2.43. The second kappa shape index (κ2) is 4.97. The molecule has 3 aromatic rings. The van der Waals surface area contributed by atoms with Crippen LogP contribution in [-0.4, -0.2) is 15.1 Å². The first-order valence-electron chi connectivity index (χ1n) is 6.12. The molecule has 0 amide bonds. The number of aryl methyl sites for hydroxylation is 2. The fraction of sp³-hybridized carbons (Fsp3) is 0.143. The van der Waals surface area contributed by atoms with E-state index in [1.165, 1.54) is 0 Å². The topological polar surface area (TPSA) is 80.7 Å². The molecule has 0 aliphatic heterocycles. The number of para-hydroxylation sites is 1. The van der Waals surface area contributed by atoms with Crippen molar-refractivity contribution in [1.29, 1.82) is 0 Å². The third-order valence-electron chi connectivity index (χ3n) is 2.97. The lowest BCUT2D eigenvalue weighted by Crippen LogP contribution is -1.97. The Kier molecular flexibility index (Phi) is 3.02. The van der Waals surface area contributed by atoms with Gasteiger partial charge in [-0.2, -0.15) is 4.98 Å². The molecule has 3 N–H and O–H groups in total. The smallest absolute Gasteiger partial charge is 0.227 e. The summed E-state index contributed by atoms with van der Waals surface area (Å²) in [7, 11) is 0. The van der Waals surface area contributed by atoms with Gasteiger partial charge in [-0.1, -0.05) is 23.4 Å². The van der Waals surface area contributed by atoms with Gasteiger partial charge in [0.2, 0.25) is 11.7 Å². The Labute approximate surface area is 110 Å². The number of aromatic amines is 1. The number of aromatic nitrogens is 3. The van der Waals surface area contributed by atoms with E-state index in [1.807, 2.05) is 42.6 Å². The van der Waals surface area contributed by atoms with Crippen molar-refractivity contribution in [1.82, 2.24) is 15.1 Å². The Hall–Kier alpha value is -2.56. The number of hydrogen-bond acceptors (Lipinski definition) is 4. The molecule has 2 aromatic heterocycles. The molecule has 0 saturated heterocycles. The lowest BCUT2D eigenvalue weighted by molar-refractivity contribution is 0.379. The van der Waals surface area contributed by atoms with Crippen molar-refractivity contribution in [3.63, 3.8) is 0 Å². The van der Waals surface area contributed by atoms with E-state index < -0.39 is 0 Å². The first kappa shape index (κ1) is 11.5. The molecule has 0 aliphatic carbocycles. The van der Waals surface area contributed by atoms with Crippen molar-refractivity contribution in [3.8, 4) is 11.5 Å². The first-order valence-corrected chi connectivity index (χ1v) is 6.12. The molecule has 0 atom stereocenters. The maximum absolute atomic E-state index is 5.90. The summed E-state index contributed by atoms with van der Waals surface area (Å²) in [5.74, 6) is 1.20. The van der Waals surface area contributed by atoms with E-state index >= 15 is 0 Å². The van der Waals surface area contributed by atoms with Crippen LogP contribution in [0.2, 0.25) is 0 Å². The summed E-state index contributed by atoms with van der Waals surface area (Å²) < 4.78 is 5.23. The molecule has 96 valence electrons. The fourth-order valence-electron chi connectivity index (χ4n) is 1.94. The van der Waals surface area contributed by atoms with Gasteiger partial charge >= 0.3 is 0 Å². The number of anilines is 1. The number of nitrogens with one attached hydrogen (secondary N) is 1. The fourth-order valence-corrected chi connectivity index (χ4v) is 1.94. The standard InChI is InChI=1S/C14H14N4O/c15-11-5-2-1-4-10(11)7-8-13-17-14(18-19-13)12-6-3-9-16-12/h1-6,9,16H,7-8,15H2. The average molecular weight is 254 g/mol. The average Bonchev–Trinajstić information content (AvgIpc) is 3.09. The molecular formula is C14H14N4O. The van der Waals surface area contributed by atoms with E-state index in [2.05, 4.69) is 15.1 Å². The van der Waals surface area contributed by atoms with Crippen molar-refractivity contribution in [2.45, 2.75) is 12.8 Å². The van der Waals surface area contributed by atoms with Gasteiger partial charge in [-0.15, -0.1) is 0 Å². The van der Waals surface area contributed by atoms with Crippen molar-refractivity contribution < 1.29 is 4.52 Å². The second-order valence-electron chi connectivity index (χ2n) is 4.29. The Morgan fingerprint density at radius 1 is 1.11 bits per heavy atom. The molecule has 2 heterocycles. The van der Waals surface area contributed by atoms with Gasteiger partial charge in [0.15, 0.2) is 0 Å². The van der Waals surface area contributed by atoms with Gasteiger partial charge in [-0.05, 0) is 30.2 Å². The summed E-state index contributed by atoms with van der Waals surface area (Å²) in [6.07, 6.45) is 3.30. The zero-order chi connectivity index (χ0) is 13.1. The summed E-state index contributed by atoms with van der Waals surface area (Å²) in [6.45, 7) is 0. The van der Waals surface area contributed by atoms with Crippen LogP contribution in [0, 0.1) is 0 Å².